The molecule has 8 aromatic rings. The zero-order chi connectivity index (χ0) is 50.5. The Balaban J connectivity index is 0.874. The van der Waals surface area contributed by atoms with Gasteiger partial charge >= 0.3 is 11.5 Å². The second-order valence-electron chi connectivity index (χ2n) is 16.9. The molecule has 2 aromatic heterocycles. The van der Waals surface area contributed by atoms with E-state index < -0.39 is 52.8 Å². The topological polar surface area (TPSA) is 176 Å². The summed E-state index contributed by atoms with van der Waals surface area (Å²) in [6.45, 7) is 3.59. The Morgan fingerprint density at radius 3 is 1.60 bits per heavy atom. The van der Waals surface area contributed by atoms with Crippen LogP contribution in [-0.4, -0.2) is 71.5 Å². The highest BCUT2D eigenvalue weighted by Gasteiger charge is 2.33. The number of para-hydroxylation sites is 2. The molecule has 2 N–H and O–H groups in total. The first-order valence-corrected chi connectivity index (χ1v) is 23.9. The number of halogens is 2. The maximum atomic E-state index is 14.6. The van der Waals surface area contributed by atoms with Crippen LogP contribution in [-0.2, 0) is 38.7 Å². The predicted octanol–water partition coefficient (Wildman–Crippen LogP) is 7.02. The molecule has 1 aliphatic rings. The average molecular weight is 995 g/mol. The van der Waals surface area contributed by atoms with Gasteiger partial charge in [0.25, 0.3) is 0 Å². The first-order chi connectivity index (χ1) is 34.8. The summed E-state index contributed by atoms with van der Waals surface area (Å²) in [5.41, 5.74) is 5.64. The van der Waals surface area contributed by atoms with Crippen molar-refractivity contribution in [3.8, 4) is 0 Å². The number of nitrogens with one attached hydrogen (secondary N) is 2. The molecule has 9 rings (SSSR count). The summed E-state index contributed by atoms with van der Waals surface area (Å²) in [7, 11) is 0. The maximum absolute atomic E-state index is 14.6. The van der Waals surface area contributed by atoms with Crippen molar-refractivity contribution >= 4 is 80.7 Å². The minimum absolute atomic E-state index is 0.128. The lowest BCUT2D eigenvalue weighted by Gasteiger charge is -2.28. The van der Waals surface area contributed by atoms with Crippen LogP contribution < -0.4 is 40.6 Å². The van der Waals surface area contributed by atoms with Crippen molar-refractivity contribution < 1.29 is 36.8 Å². The zero-order valence-corrected chi connectivity index (χ0v) is 39.9. The van der Waals surface area contributed by atoms with Crippen LogP contribution in [0.5, 0.6) is 0 Å². The Labute approximate surface area is 415 Å². The molecule has 0 radical (unpaired) electrons. The quantitative estimate of drug-likeness (QED) is 0.0846. The van der Waals surface area contributed by atoms with E-state index in [1.165, 1.54) is 18.9 Å². The van der Waals surface area contributed by atoms with Gasteiger partial charge in [-0.1, -0.05) is 72.8 Å². The van der Waals surface area contributed by atoms with Crippen molar-refractivity contribution in [2.75, 3.05) is 51.1 Å². The van der Waals surface area contributed by atoms with Crippen LogP contribution in [0.3, 0.4) is 0 Å². The minimum Gasteiger partial charge on any atom is -0.408 e. The van der Waals surface area contributed by atoms with Gasteiger partial charge in [0.05, 0.1) is 54.2 Å². The summed E-state index contributed by atoms with van der Waals surface area (Å²) >= 11 is 1.08. The zero-order valence-electron chi connectivity index (χ0n) is 39.1. The number of rotatable bonds is 18. The smallest absolute Gasteiger partial charge is 0.408 e. The average Bonchev–Trinajstić information content (AvgIpc) is 3.99. The lowest BCUT2D eigenvalue weighted by molar-refractivity contribution is -0.126. The van der Waals surface area contributed by atoms with Gasteiger partial charge in [0.15, 0.2) is 11.2 Å². The summed E-state index contributed by atoms with van der Waals surface area (Å²) in [5, 5.41) is 5.52. The van der Waals surface area contributed by atoms with E-state index in [1.807, 2.05) is 60.7 Å². The molecule has 0 fully saturated rings. The van der Waals surface area contributed by atoms with Crippen molar-refractivity contribution in [2.24, 2.45) is 0 Å². The van der Waals surface area contributed by atoms with Gasteiger partial charge in [-0.15, -0.1) is 0 Å². The van der Waals surface area contributed by atoms with Crippen molar-refractivity contribution in [3.63, 3.8) is 0 Å². The van der Waals surface area contributed by atoms with Gasteiger partial charge in [-0.05, 0) is 91.2 Å². The number of carbonyl (C=O) groups excluding carboxylic acids is 4. The van der Waals surface area contributed by atoms with Gasteiger partial charge in [-0.3, -0.25) is 36.9 Å². The molecule has 1 aliphatic heterocycles. The third kappa shape index (κ3) is 10.7. The molecule has 1 atom stereocenters. The Morgan fingerprint density at radius 2 is 1.08 bits per heavy atom. The van der Waals surface area contributed by atoms with Crippen LogP contribution in [0, 0.1) is 11.6 Å². The Bertz CT molecular complexity index is 3410. The van der Waals surface area contributed by atoms with Crippen molar-refractivity contribution in [1.82, 2.24) is 19.8 Å². The molecular formula is C53H48F2N8O8S. The molecule has 368 valence electrons. The molecule has 0 aliphatic carbocycles. The molecule has 4 amide bonds. The predicted molar refractivity (Wildman–Crippen MR) is 272 cm³/mol. The second kappa shape index (κ2) is 21.3. The third-order valence-electron chi connectivity index (χ3n) is 12.1. The van der Waals surface area contributed by atoms with Crippen LogP contribution >= 0.6 is 12.1 Å². The van der Waals surface area contributed by atoms with Gasteiger partial charge in [0.2, 0.25) is 23.6 Å². The largest absolute Gasteiger partial charge is 0.420 e. The Morgan fingerprint density at radius 1 is 0.597 bits per heavy atom. The van der Waals surface area contributed by atoms with Crippen molar-refractivity contribution in [3.05, 3.63) is 189 Å². The number of oxazole rings is 2. The highest BCUT2D eigenvalue weighted by molar-refractivity contribution is 8.02. The van der Waals surface area contributed by atoms with Gasteiger partial charge in [-0.25, -0.2) is 18.4 Å². The molecule has 16 nitrogen and oxygen atoms in total. The summed E-state index contributed by atoms with van der Waals surface area (Å²) in [4.78, 5) is 84.5. The van der Waals surface area contributed by atoms with Crippen molar-refractivity contribution in [1.29, 1.82) is 0 Å². The van der Waals surface area contributed by atoms with E-state index in [2.05, 4.69) is 10.6 Å². The first-order valence-electron chi connectivity index (χ1n) is 23.1. The molecule has 19 heteroatoms. The summed E-state index contributed by atoms with van der Waals surface area (Å²) in [5.74, 6) is -4.86. The maximum Gasteiger partial charge on any atom is 0.420 e. The molecule has 0 saturated heterocycles. The Hall–Kier alpha value is -8.45. The van der Waals surface area contributed by atoms with E-state index >= 15 is 0 Å². The number of hydrogen-bond acceptors (Lipinski definition) is 11. The molecule has 0 spiro atoms. The van der Waals surface area contributed by atoms with E-state index in [4.69, 9.17) is 8.83 Å². The fourth-order valence-electron chi connectivity index (χ4n) is 8.74. The van der Waals surface area contributed by atoms with Crippen LogP contribution in [0.4, 0.5) is 31.5 Å². The van der Waals surface area contributed by atoms with E-state index in [-0.39, 0.29) is 57.8 Å². The lowest BCUT2D eigenvalue weighted by Crippen LogP contribution is -2.51. The summed E-state index contributed by atoms with van der Waals surface area (Å²) < 4.78 is 46.3. The molecule has 0 saturated carbocycles. The fourth-order valence-corrected chi connectivity index (χ4v) is 9.81. The van der Waals surface area contributed by atoms with Crippen LogP contribution in [0.25, 0.3) is 22.2 Å². The number of aromatic nitrogens is 2. The monoisotopic (exact) mass is 994 g/mol. The molecule has 1 unspecified atom stereocenters. The number of amides is 4. The summed E-state index contributed by atoms with van der Waals surface area (Å²) in [6, 6.07) is 37.4. The molecular weight excluding hydrogens is 947 g/mol. The van der Waals surface area contributed by atoms with Gasteiger partial charge < -0.3 is 29.3 Å². The van der Waals surface area contributed by atoms with Gasteiger partial charge in [-0.2, -0.15) is 0 Å². The van der Waals surface area contributed by atoms with Crippen LogP contribution in [0.2, 0.25) is 0 Å². The minimum atomic E-state index is -1.31. The SMILES string of the molecule is CCN(C(=O)CNC(=O)CN1SN(CC(=O)NC(Cc2cc(F)cc(F)c2)C(=O)N(CC)c2ccc3oc(=O)n(Cc4ccccc4)c3c2)c2ccccc21)c1ccc2oc(=O)n(Cc3ccccc3)c2c1. The van der Waals surface area contributed by atoms with Gasteiger partial charge in [0, 0.05) is 37.0 Å². The molecule has 0 bridgehead atoms. The number of anilines is 4. The third-order valence-corrected chi connectivity index (χ3v) is 13.2. The fraction of sp³-hybridized carbons (Fsp3) is 0.208. The highest BCUT2D eigenvalue weighted by Crippen LogP contribution is 2.44. The van der Waals surface area contributed by atoms with E-state index in [0.717, 1.165) is 41.5 Å². The number of benzene rings is 6. The van der Waals surface area contributed by atoms with E-state index in [1.54, 1.807) is 83.1 Å². The number of likely N-dealkylation sites (N-methyl/N-ethyl adjacent to an activating group) is 2. The van der Waals surface area contributed by atoms with E-state index in [0.29, 0.717) is 44.9 Å². The first kappa shape index (κ1) is 48.6. The van der Waals surface area contributed by atoms with Crippen LogP contribution in [0.15, 0.2) is 158 Å². The summed E-state index contributed by atoms with van der Waals surface area (Å²) in [6.07, 6.45) is -0.264. The number of carbonyl (C=O) groups is 4. The Kier molecular flexibility index (Phi) is 14.3. The highest BCUT2D eigenvalue weighted by atomic mass is 32.2. The number of hydrogen-bond donors (Lipinski definition) is 2. The number of fused-ring (bicyclic) bond motifs is 3. The normalized spacial score (nSPS) is 12.5. The lowest BCUT2D eigenvalue weighted by atomic mass is 10.0. The van der Waals surface area contributed by atoms with Crippen molar-refractivity contribution in [2.45, 2.75) is 39.4 Å². The van der Waals surface area contributed by atoms with Gasteiger partial charge in [0.1, 0.15) is 30.8 Å². The standard InChI is InChI=1S/C53H48F2N8O8S/c1-3-58(39-19-21-46-44(27-39)60(52(68)70-46)30-34-13-7-5-8-14-34)50(66)29-56-48(64)32-62-42-17-11-12-18-43(42)63(72-62)33-49(65)57-41(25-36-23-37(54)26-38(55)24-36)51(67)59(4-2)40-20-22-47-45(28-40)61(53(69)71-47)31-35-15-9-6-10-16-35/h5-24,26-28,41H,3-4,25,29-33H2,1-2H3,(H,56,64)(H,57,65). The second-order valence-corrected chi connectivity index (χ2v) is 18.0. The van der Waals surface area contributed by atoms with Crippen LogP contribution in [0.1, 0.15) is 30.5 Å². The number of nitrogens with zero attached hydrogens (tertiary/aromatic N) is 6. The molecule has 6 aromatic carbocycles. The molecule has 3 heterocycles. The van der Waals surface area contributed by atoms with E-state index in [9.17, 15) is 37.5 Å². The molecule has 72 heavy (non-hydrogen) atoms.